The first-order chi connectivity index (χ1) is 13.4. The lowest BCUT2D eigenvalue weighted by atomic mass is 10.1. The summed E-state index contributed by atoms with van der Waals surface area (Å²) in [6, 6.07) is 14.5. The Morgan fingerprint density at radius 3 is 2.32 bits per heavy atom. The summed E-state index contributed by atoms with van der Waals surface area (Å²) >= 11 is 1.44. The number of nitrogens with zero attached hydrogens (tertiary/aromatic N) is 1. The van der Waals surface area contributed by atoms with Gasteiger partial charge in [-0.15, -0.1) is 11.3 Å². The SMILES string of the molecule is CCc1ccc(-c2nc(C(=O)NCCc3ccc(S(N)(=O)=O)cc3)cs2)cc1. The van der Waals surface area contributed by atoms with Gasteiger partial charge < -0.3 is 5.32 Å². The number of nitrogens with two attached hydrogens (primary N) is 1. The quantitative estimate of drug-likeness (QED) is 0.619. The predicted octanol–water partition coefficient (Wildman–Crippen LogP) is 2.99. The number of amides is 1. The Bertz CT molecular complexity index is 1060. The smallest absolute Gasteiger partial charge is 0.270 e. The number of hydrogen-bond donors (Lipinski definition) is 2. The summed E-state index contributed by atoms with van der Waals surface area (Å²) in [5.74, 6) is -0.228. The standard InChI is InChI=1S/C20H21N3O3S2/c1-2-14-3-7-16(8-4-14)20-23-18(13-27-20)19(24)22-12-11-15-5-9-17(10-6-15)28(21,25)26/h3-10,13H,2,11-12H2,1H3,(H,22,24)(H2,21,25,26). The van der Waals surface area contributed by atoms with E-state index in [0.717, 1.165) is 22.6 Å². The van der Waals surface area contributed by atoms with Crippen LogP contribution in [0.1, 0.15) is 28.5 Å². The second-order valence-electron chi connectivity index (χ2n) is 6.28. The van der Waals surface area contributed by atoms with Gasteiger partial charge in [0.25, 0.3) is 5.91 Å². The van der Waals surface area contributed by atoms with Crippen LogP contribution in [0.3, 0.4) is 0 Å². The van der Waals surface area contributed by atoms with E-state index >= 15 is 0 Å². The van der Waals surface area contributed by atoms with E-state index in [1.165, 1.54) is 29.0 Å². The third-order valence-electron chi connectivity index (χ3n) is 4.30. The highest BCUT2D eigenvalue weighted by Crippen LogP contribution is 2.24. The molecule has 6 nitrogen and oxygen atoms in total. The van der Waals surface area contributed by atoms with Gasteiger partial charge in [0.05, 0.1) is 4.90 Å². The Hall–Kier alpha value is -2.55. The summed E-state index contributed by atoms with van der Waals surface area (Å²) < 4.78 is 22.5. The summed E-state index contributed by atoms with van der Waals surface area (Å²) in [6.45, 7) is 2.53. The van der Waals surface area contributed by atoms with Gasteiger partial charge in [0, 0.05) is 17.5 Å². The van der Waals surface area contributed by atoms with Crippen LogP contribution in [0.15, 0.2) is 58.8 Å². The Labute approximate surface area is 168 Å². The lowest BCUT2D eigenvalue weighted by molar-refractivity contribution is 0.0950. The number of thiazole rings is 1. The molecule has 2 aromatic carbocycles. The van der Waals surface area contributed by atoms with E-state index in [2.05, 4.69) is 29.4 Å². The number of hydrogen-bond acceptors (Lipinski definition) is 5. The van der Waals surface area contributed by atoms with Gasteiger partial charge in [0.2, 0.25) is 10.0 Å². The molecule has 1 aromatic heterocycles. The minimum atomic E-state index is -3.69. The molecule has 0 bridgehead atoms. The zero-order chi connectivity index (χ0) is 20.1. The average Bonchev–Trinajstić information content (AvgIpc) is 3.18. The van der Waals surface area contributed by atoms with Gasteiger partial charge >= 0.3 is 0 Å². The van der Waals surface area contributed by atoms with E-state index < -0.39 is 10.0 Å². The Morgan fingerprint density at radius 2 is 1.71 bits per heavy atom. The van der Waals surface area contributed by atoms with Crippen LogP contribution in [0.5, 0.6) is 0 Å². The normalized spacial score (nSPS) is 11.4. The van der Waals surface area contributed by atoms with E-state index in [0.29, 0.717) is 18.7 Å². The second kappa shape index (κ2) is 8.64. The minimum absolute atomic E-state index is 0.0715. The van der Waals surface area contributed by atoms with Crippen molar-refractivity contribution in [3.05, 3.63) is 70.7 Å². The van der Waals surface area contributed by atoms with Crippen LogP contribution in [0.4, 0.5) is 0 Å². The van der Waals surface area contributed by atoms with Crippen molar-refractivity contribution < 1.29 is 13.2 Å². The van der Waals surface area contributed by atoms with Gasteiger partial charge in [-0.3, -0.25) is 4.79 Å². The fraction of sp³-hybridized carbons (Fsp3) is 0.200. The Balaban J connectivity index is 1.56. The van der Waals surface area contributed by atoms with Crippen molar-refractivity contribution in [1.29, 1.82) is 0 Å². The molecule has 8 heteroatoms. The largest absolute Gasteiger partial charge is 0.350 e. The maximum atomic E-state index is 12.3. The van der Waals surface area contributed by atoms with Gasteiger partial charge in [-0.05, 0) is 36.1 Å². The van der Waals surface area contributed by atoms with Crippen molar-refractivity contribution in [2.24, 2.45) is 5.14 Å². The van der Waals surface area contributed by atoms with Crippen molar-refractivity contribution in [2.75, 3.05) is 6.54 Å². The van der Waals surface area contributed by atoms with Gasteiger partial charge in [0.15, 0.2) is 0 Å². The molecule has 0 saturated carbocycles. The van der Waals surface area contributed by atoms with Crippen molar-refractivity contribution in [3.63, 3.8) is 0 Å². The van der Waals surface area contributed by atoms with Gasteiger partial charge in [-0.2, -0.15) is 0 Å². The number of aromatic nitrogens is 1. The molecular formula is C20H21N3O3S2. The van der Waals surface area contributed by atoms with E-state index in [1.54, 1.807) is 17.5 Å². The molecule has 0 radical (unpaired) electrons. The van der Waals surface area contributed by atoms with Crippen LogP contribution in [0.2, 0.25) is 0 Å². The third-order valence-corrected chi connectivity index (χ3v) is 6.12. The molecule has 1 amide bonds. The lowest BCUT2D eigenvalue weighted by Crippen LogP contribution is -2.26. The highest BCUT2D eigenvalue weighted by Gasteiger charge is 2.12. The van der Waals surface area contributed by atoms with Gasteiger partial charge in [-0.1, -0.05) is 43.3 Å². The third kappa shape index (κ3) is 5.03. The zero-order valence-electron chi connectivity index (χ0n) is 15.4. The molecule has 0 saturated heterocycles. The molecule has 3 rings (SSSR count). The number of rotatable bonds is 7. The highest BCUT2D eigenvalue weighted by atomic mass is 32.2. The molecule has 146 valence electrons. The molecule has 0 aliphatic heterocycles. The van der Waals surface area contributed by atoms with Crippen molar-refractivity contribution in [1.82, 2.24) is 10.3 Å². The first-order valence-electron chi connectivity index (χ1n) is 8.81. The fourth-order valence-electron chi connectivity index (χ4n) is 2.65. The average molecular weight is 416 g/mol. The number of sulfonamides is 1. The van der Waals surface area contributed by atoms with Crippen molar-refractivity contribution in [3.8, 4) is 10.6 Å². The van der Waals surface area contributed by atoms with Crippen LogP contribution >= 0.6 is 11.3 Å². The molecule has 0 spiro atoms. The molecule has 3 N–H and O–H groups in total. The summed E-state index contributed by atoms with van der Waals surface area (Å²) in [5.41, 5.74) is 3.55. The molecule has 0 unspecified atom stereocenters. The molecule has 1 heterocycles. The first kappa shape index (κ1) is 20.2. The first-order valence-corrected chi connectivity index (χ1v) is 11.2. The van der Waals surface area contributed by atoms with Crippen molar-refractivity contribution in [2.45, 2.75) is 24.7 Å². The molecule has 0 aliphatic carbocycles. The van der Waals surface area contributed by atoms with Crippen LogP contribution < -0.4 is 10.5 Å². The van der Waals surface area contributed by atoms with E-state index in [4.69, 9.17) is 5.14 Å². The van der Waals surface area contributed by atoms with E-state index in [-0.39, 0.29) is 10.8 Å². The number of primary sulfonamides is 1. The molecule has 28 heavy (non-hydrogen) atoms. The summed E-state index contributed by atoms with van der Waals surface area (Å²) in [5, 5.41) is 10.5. The number of carbonyl (C=O) groups is 1. The van der Waals surface area contributed by atoms with Crippen LogP contribution in [0, 0.1) is 0 Å². The maximum absolute atomic E-state index is 12.3. The maximum Gasteiger partial charge on any atom is 0.270 e. The van der Waals surface area contributed by atoms with Gasteiger partial charge in [-0.25, -0.2) is 18.5 Å². The number of nitrogens with one attached hydrogen (secondary N) is 1. The molecule has 3 aromatic rings. The molecular weight excluding hydrogens is 394 g/mol. The van der Waals surface area contributed by atoms with Crippen molar-refractivity contribution >= 4 is 27.3 Å². The zero-order valence-corrected chi connectivity index (χ0v) is 17.0. The monoisotopic (exact) mass is 415 g/mol. The highest BCUT2D eigenvalue weighted by molar-refractivity contribution is 7.89. The van der Waals surface area contributed by atoms with Gasteiger partial charge in [0.1, 0.15) is 10.7 Å². The van der Waals surface area contributed by atoms with Crippen LogP contribution in [-0.4, -0.2) is 25.9 Å². The fourth-order valence-corrected chi connectivity index (χ4v) is 3.97. The number of benzene rings is 2. The summed E-state index contributed by atoms with van der Waals surface area (Å²) in [6.07, 6.45) is 1.56. The summed E-state index contributed by atoms with van der Waals surface area (Å²) in [4.78, 5) is 16.8. The number of aryl methyl sites for hydroxylation is 1. The minimum Gasteiger partial charge on any atom is -0.350 e. The predicted molar refractivity (Wildman–Crippen MR) is 111 cm³/mol. The van der Waals surface area contributed by atoms with Crippen LogP contribution in [0.25, 0.3) is 10.6 Å². The second-order valence-corrected chi connectivity index (χ2v) is 8.70. The molecule has 0 fully saturated rings. The van der Waals surface area contributed by atoms with Crippen LogP contribution in [-0.2, 0) is 22.9 Å². The molecule has 0 aliphatic rings. The van der Waals surface area contributed by atoms with E-state index in [1.807, 2.05) is 12.1 Å². The lowest BCUT2D eigenvalue weighted by Gasteiger charge is -2.05. The number of carbonyl (C=O) groups excluding carboxylic acids is 1. The topological polar surface area (TPSA) is 102 Å². The Kier molecular flexibility index (Phi) is 6.23. The molecule has 0 atom stereocenters. The Morgan fingerprint density at radius 1 is 1.07 bits per heavy atom. The van der Waals surface area contributed by atoms with E-state index in [9.17, 15) is 13.2 Å². The summed E-state index contributed by atoms with van der Waals surface area (Å²) in [7, 11) is -3.69.